The summed E-state index contributed by atoms with van der Waals surface area (Å²) in [6.07, 6.45) is 10.0. The molecule has 2 N–H and O–H groups in total. The summed E-state index contributed by atoms with van der Waals surface area (Å²) in [7, 11) is 1.71. The van der Waals surface area contributed by atoms with Crippen molar-refractivity contribution in [3.8, 4) is 5.75 Å². The van der Waals surface area contributed by atoms with E-state index in [0.717, 1.165) is 18.0 Å². The molecule has 0 radical (unpaired) electrons. The van der Waals surface area contributed by atoms with Gasteiger partial charge in [0.05, 0.1) is 7.11 Å². The molecule has 1 aromatic rings. The summed E-state index contributed by atoms with van der Waals surface area (Å²) in [5.41, 5.74) is 8.88. The maximum Gasteiger partial charge on any atom is 0.119 e. The summed E-state index contributed by atoms with van der Waals surface area (Å²) in [6.45, 7) is 3.40. The number of nitrogens with zero attached hydrogens (tertiary/aromatic N) is 1. The normalized spacial score (nSPS) is 22.3. The van der Waals surface area contributed by atoms with E-state index in [9.17, 15) is 0 Å². The number of hydrogen-bond donors (Lipinski definition) is 1. The molecule has 0 amide bonds. The summed E-state index contributed by atoms with van der Waals surface area (Å²) in [5, 5.41) is 0. The Hall–Kier alpha value is -1.22. The smallest absolute Gasteiger partial charge is 0.119 e. The van der Waals surface area contributed by atoms with Crippen molar-refractivity contribution in [3.63, 3.8) is 0 Å². The maximum absolute atomic E-state index is 6.12. The van der Waals surface area contributed by atoms with Crippen LogP contribution in [0.1, 0.15) is 50.5 Å². The van der Waals surface area contributed by atoms with Crippen molar-refractivity contribution < 1.29 is 4.74 Å². The lowest BCUT2D eigenvalue weighted by Gasteiger charge is -2.44. The molecule has 116 valence electrons. The Kier molecular flexibility index (Phi) is 4.39. The number of benzene rings is 1. The van der Waals surface area contributed by atoms with Crippen LogP contribution in [0.3, 0.4) is 0 Å². The Morgan fingerprint density at radius 3 is 2.48 bits per heavy atom. The lowest BCUT2D eigenvalue weighted by atomic mass is 9.68. The van der Waals surface area contributed by atoms with Crippen LogP contribution in [-0.4, -0.2) is 25.1 Å². The summed E-state index contributed by atoms with van der Waals surface area (Å²) < 4.78 is 5.31. The van der Waals surface area contributed by atoms with E-state index < -0.39 is 0 Å². The molecule has 1 spiro atoms. The first-order valence-corrected chi connectivity index (χ1v) is 8.36. The van der Waals surface area contributed by atoms with Crippen LogP contribution in [0, 0.1) is 5.41 Å². The molecule has 1 aliphatic heterocycles. The van der Waals surface area contributed by atoms with Gasteiger partial charge in [-0.25, -0.2) is 0 Å². The molecule has 1 saturated carbocycles. The molecular weight excluding hydrogens is 260 g/mol. The highest BCUT2D eigenvalue weighted by Gasteiger charge is 2.35. The van der Waals surface area contributed by atoms with Gasteiger partial charge >= 0.3 is 0 Å². The number of hydrogen-bond acceptors (Lipinski definition) is 3. The Balaban J connectivity index is 1.60. The quantitative estimate of drug-likeness (QED) is 0.859. The van der Waals surface area contributed by atoms with Gasteiger partial charge in [0.15, 0.2) is 0 Å². The fraction of sp³-hybridized carbons (Fsp3) is 0.667. The van der Waals surface area contributed by atoms with E-state index in [1.54, 1.807) is 7.11 Å². The Morgan fingerprint density at radius 1 is 1.10 bits per heavy atom. The second kappa shape index (κ2) is 6.27. The van der Waals surface area contributed by atoms with Gasteiger partial charge in [-0.1, -0.05) is 19.3 Å². The first-order chi connectivity index (χ1) is 10.2. The minimum atomic E-state index is 0.675. The van der Waals surface area contributed by atoms with Crippen LogP contribution in [0.25, 0.3) is 0 Å². The fourth-order valence-corrected chi connectivity index (χ4v) is 4.07. The largest absolute Gasteiger partial charge is 0.497 e. The van der Waals surface area contributed by atoms with E-state index in [4.69, 9.17) is 10.5 Å². The molecule has 2 aliphatic rings. The van der Waals surface area contributed by atoms with Gasteiger partial charge in [0.25, 0.3) is 0 Å². The van der Waals surface area contributed by atoms with Crippen LogP contribution in [0.2, 0.25) is 0 Å². The average molecular weight is 288 g/mol. The monoisotopic (exact) mass is 288 g/mol. The molecule has 2 fully saturated rings. The van der Waals surface area contributed by atoms with Crippen molar-refractivity contribution in [2.75, 3.05) is 25.9 Å². The highest BCUT2D eigenvalue weighted by atomic mass is 16.5. The van der Waals surface area contributed by atoms with Crippen LogP contribution < -0.4 is 10.5 Å². The SMILES string of the molecule is COc1ccc(N)c(CN2CCC3(CCCCC3)CC2)c1. The number of ether oxygens (including phenoxy) is 1. The fourth-order valence-electron chi connectivity index (χ4n) is 4.07. The van der Waals surface area contributed by atoms with Gasteiger partial charge in [0, 0.05) is 12.2 Å². The van der Waals surface area contributed by atoms with Gasteiger partial charge in [-0.05, 0) is 68.0 Å². The maximum atomic E-state index is 6.12. The summed E-state index contributed by atoms with van der Waals surface area (Å²) in [4.78, 5) is 2.56. The second-order valence-corrected chi connectivity index (χ2v) is 6.90. The number of nitrogens with two attached hydrogens (primary N) is 1. The molecule has 0 aromatic heterocycles. The molecule has 1 heterocycles. The van der Waals surface area contributed by atoms with Crippen LogP contribution in [-0.2, 0) is 6.54 Å². The zero-order valence-corrected chi connectivity index (χ0v) is 13.2. The molecule has 1 saturated heterocycles. The van der Waals surface area contributed by atoms with Gasteiger partial charge in [-0.2, -0.15) is 0 Å². The third-order valence-corrected chi connectivity index (χ3v) is 5.58. The first-order valence-electron chi connectivity index (χ1n) is 8.36. The van der Waals surface area contributed by atoms with Crippen molar-refractivity contribution in [2.24, 2.45) is 5.41 Å². The predicted octanol–water partition coefficient (Wildman–Crippen LogP) is 3.82. The molecule has 3 rings (SSSR count). The van der Waals surface area contributed by atoms with Crippen molar-refractivity contribution in [1.82, 2.24) is 4.90 Å². The van der Waals surface area contributed by atoms with Gasteiger partial charge in [-0.3, -0.25) is 4.90 Å². The van der Waals surface area contributed by atoms with Crippen LogP contribution in [0.15, 0.2) is 18.2 Å². The van der Waals surface area contributed by atoms with Crippen LogP contribution >= 0.6 is 0 Å². The molecule has 1 aliphatic carbocycles. The third-order valence-electron chi connectivity index (χ3n) is 5.58. The van der Waals surface area contributed by atoms with Crippen molar-refractivity contribution in [2.45, 2.75) is 51.5 Å². The Morgan fingerprint density at radius 2 is 1.81 bits per heavy atom. The van der Waals surface area contributed by atoms with E-state index in [2.05, 4.69) is 11.0 Å². The van der Waals surface area contributed by atoms with Crippen LogP contribution in [0.5, 0.6) is 5.75 Å². The molecule has 0 unspecified atom stereocenters. The summed E-state index contributed by atoms with van der Waals surface area (Å²) in [6, 6.07) is 5.98. The molecule has 3 nitrogen and oxygen atoms in total. The van der Waals surface area contributed by atoms with E-state index in [1.165, 1.54) is 63.6 Å². The van der Waals surface area contributed by atoms with E-state index in [1.807, 2.05) is 12.1 Å². The molecule has 0 bridgehead atoms. The molecular formula is C18H28N2O. The molecule has 0 atom stereocenters. The second-order valence-electron chi connectivity index (χ2n) is 6.90. The van der Waals surface area contributed by atoms with Crippen molar-refractivity contribution in [1.29, 1.82) is 0 Å². The standard InChI is InChI=1S/C18H28N2O/c1-21-16-5-6-17(19)15(13-16)14-20-11-9-18(10-12-20)7-3-2-4-8-18/h5-6,13H,2-4,7-12,14,19H2,1H3. The zero-order chi connectivity index (χ0) is 14.7. The van der Waals surface area contributed by atoms with Gasteiger partial charge in [-0.15, -0.1) is 0 Å². The lowest BCUT2D eigenvalue weighted by molar-refractivity contribution is 0.0642. The summed E-state index contributed by atoms with van der Waals surface area (Å²) in [5.74, 6) is 0.903. The topological polar surface area (TPSA) is 38.5 Å². The van der Waals surface area contributed by atoms with Gasteiger partial charge in [0.1, 0.15) is 5.75 Å². The number of piperidine rings is 1. The average Bonchev–Trinajstić information content (AvgIpc) is 2.53. The molecule has 1 aromatic carbocycles. The number of anilines is 1. The van der Waals surface area contributed by atoms with Gasteiger partial charge in [0.2, 0.25) is 0 Å². The van der Waals surface area contributed by atoms with E-state index in [0.29, 0.717) is 5.41 Å². The molecule has 21 heavy (non-hydrogen) atoms. The zero-order valence-electron chi connectivity index (χ0n) is 13.2. The minimum Gasteiger partial charge on any atom is -0.497 e. The third kappa shape index (κ3) is 3.34. The Labute approximate surface area is 128 Å². The van der Waals surface area contributed by atoms with Crippen molar-refractivity contribution >= 4 is 5.69 Å². The summed E-state index contributed by atoms with van der Waals surface area (Å²) >= 11 is 0. The number of nitrogen functional groups attached to an aromatic ring is 1. The van der Waals surface area contributed by atoms with Crippen LogP contribution in [0.4, 0.5) is 5.69 Å². The van der Waals surface area contributed by atoms with Crippen molar-refractivity contribution in [3.05, 3.63) is 23.8 Å². The lowest BCUT2D eigenvalue weighted by Crippen LogP contribution is -2.40. The number of rotatable bonds is 3. The predicted molar refractivity (Wildman–Crippen MR) is 87.4 cm³/mol. The molecule has 3 heteroatoms. The first kappa shape index (κ1) is 14.7. The Bertz CT molecular complexity index is 470. The number of likely N-dealkylation sites (tertiary alicyclic amines) is 1. The highest BCUT2D eigenvalue weighted by Crippen LogP contribution is 2.44. The minimum absolute atomic E-state index is 0.675. The highest BCUT2D eigenvalue weighted by molar-refractivity contribution is 5.50. The van der Waals surface area contributed by atoms with E-state index in [-0.39, 0.29) is 0 Å². The van der Waals surface area contributed by atoms with Gasteiger partial charge < -0.3 is 10.5 Å². The van der Waals surface area contributed by atoms with E-state index >= 15 is 0 Å². The number of methoxy groups -OCH3 is 1.